The van der Waals surface area contributed by atoms with E-state index in [1.807, 2.05) is 0 Å². The number of nitrogens with one attached hydrogen (secondary N) is 2. The van der Waals surface area contributed by atoms with Crippen LogP contribution in [-0.2, 0) is 17.1 Å². The van der Waals surface area contributed by atoms with Gasteiger partial charge in [-0.1, -0.05) is 6.42 Å². The molecule has 1 saturated heterocycles. The number of hydrogen-bond donors (Lipinski definition) is 2. The van der Waals surface area contributed by atoms with E-state index in [9.17, 15) is 31.1 Å². The lowest BCUT2D eigenvalue weighted by atomic mass is 10.1. The van der Waals surface area contributed by atoms with E-state index in [1.54, 1.807) is 11.0 Å². The molecule has 1 fully saturated rings. The Kier molecular flexibility index (Phi) is 8.19. The van der Waals surface area contributed by atoms with Crippen molar-refractivity contribution >= 4 is 11.6 Å². The van der Waals surface area contributed by atoms with Gasteiger partial charge in [-0.15, -0.1) is 0 Å². The molecule has 11 heteroatoms. The smallest absolute Gasteiger partial charge is 0.389 e. The van der Waals surface area contributed by atoms with Crippen LogP contribution in [0.15, 0.2) is 30.1 Å². The third-order valence-electron chi connectivity index (χ3n) is 4.65. The van der Waals surface area contributed by atoms with E-state index in [0.29, 0.717) is 44.6 Å². The molecule has 1 aliphatic heterocycles. The molecule has 0 radical (unpaired) electrons. The van der Waals surface area contributed by atoms with Crippen LogP contribution in [0.4, 0.5) is 32.0 Å². The van der Waals surface area contributed by atoms with E-state index >= 15 is 0 Å². The molecule has 5 nitrogen and oxygen atoms in total. The summed E-state index contributed by atoms with van der Waals surface area (Å²) in [5, 5.41) is 14.2. The fraction of sp³-hybridized carbons (Fsp3) is 0.500. The van der Waals surface area contributed by atoms with Crippen molar-refractivity contribution in [3.63, 3.8) is 0 Å². The van der Waals surface area contributed by atoms with Gasteiger partial charge in [-0.25, -0.2) is 0 Å². The minimum absolute atomic E-state index is 0.0172. The molecule has 2 N–H and O–H groups in total. The maximum absolute atomic E-state index is 12.9. The molecule has 2 rings (SSSR count). The maximum Gasteiger partial charge on any atom is 0.416 e. The number of rotatable bonds is 7. The molecule has 1 aromatic carbocycles. The first-order valence-electron chi connectivity index (χ1n) is 9.68. The van der Waals surface area contributed by atoms with Gasteiger partial charge < -0.3 is 15.5 Å². The zero-order chi connectivity index (χ0) is 23.1. The van der Waals surface area contributed by atoms with E-state index in [4.69, 9.17) is 5.26 Å². The number of nitrogens with zero attached hydrogens (tertiary/aromatic N) is 2. The van der Waals surface area contributed by atoms with Gasteiger partial charge >= 0.3 is 12.4 Å². The number of hydrogen-bond acceptors (Lipinski definition) is 4. The second-order valence-electron chi connectivity index (χ2n) is 7.09. The van der Waals surface area contributed by atoms with Crippen LogP contribution in [0.3, 0.4) is 0 Å². The first-order chi connectivity index (χ1) is 14.5. The quantitative estimate of drug-likeness (QED) is 0.354. The van der Waals surface area contributed by atoms with Crippen molar-refractivity contribution in [1.82, 2.24) is 10.2 Å². The van der Waals surface area contributed by atoms with Gasteiger partial charge in [0.2, 0.25) is 5.91 Å². The van der Waals surface area contributed by atoms with Gasteiger partial charge in [-0.2, -0.15) is 31.6 Å². The van der Waals surface area contributed by atoms with Crippen LogP contribution in [0, 0.1) is 11.3 Å². The molecular weight excluding hydrogens is 426 g/mol. The molecule has 170 valence electrons. The van der Waals surface area contributed by atoms with Gasteiger partial charge in [-0.05, 0) is 37.5 Å². The highest BCUT2D eigenvalue weighted by atomic mass is 19.4. The van der Waals surface area contributed by atoms with Gasteiger partial charge in [0, 0.05) is 37.9 Å². The van der Waals surface area contributed by atoms with E-state index in [0.717, 1.165) is 19.3 Å². The van der Waals surface area contributed by atoms with Gasteiger partial charge in [-0.3, -0.25) is 4.79 Å². The third kappa shape index (κ3) is 7.70. The molecule has 31 heavy (non-hydrogen) atoms. The molecule has 0 unspecified atom stereocenters. The van der Waals surface area contributed by atoms with Crippen molar-refractivity contribution in [2.45, 2.75) is 44.5 Å². The first-order valence-corrected chi connectivity index (χ1v) is 9.68. The number of carbonyl (C=O) groups excluding carboxylic acids is 1. The number of benzene rings is 1. The molecule has 0 spiro atoms. The van der Waals surface area contributed by atoms with Crippen molar-refractivity contribution in [2.24, 2.45) is 0 Å². The molecule has 1 aromatic rings. The van der Waals surface area contributed by atoms with Crippen LogP contribution in [0.25, 0.3) is 0 Å². The lowest BCUT2D eigenvalue weighted by molar-refractivity contribution is -0.143. The number of allylic oxidation sites excluding steroid dienone is 1. The summed E-state index contributed by atoms with van der Waals surface area (Å²) < 4.78 is 77.6. The number of halogens is 6. The summed E-state index contributed by atoms with van der Waals surface area (Å²) in [7, 11) is 0. The fourth-order valence-electron chi connectivity index (χ4n) is 3.10. The van der Waals surface area contributed by atoms with Gasteiger partial charge in [0.1, 0.15) is 11.8 Å². The highest BCUT2D eigenvalue weighted by molar-refractivity contribution is 5.76. The summed E-state index contributed by atoms with van der Waals surface area (Å²) in [6.07, 6.45) is -4.86. The minimum atomic E-state index is -4.97. The van der Waals surface area contributed by atoms with Crippen molar-refractivity contribution < 1.29 is 31.1 Å². The second-order valence-corrected chi connectivity index (χ2v) is 7.09. The molecule has 0 saturated carbocycles. The SMILES string of the molecule is N#CC(=CNCCCN1CCCCCC1=O)Nc1cc(C(F)(F)F)cc(C(F)(F)F)c1. The predicted molar refractivity (Wildman–Crippen MR) is 101 cm³/mol. The number of carbonyl (C=O) groups is 1. The molecule has 0 aliphatic carbocycles. The largest absolute Gasteiger partial charge is 0.416 e. The third-order valence-corrected chi connectivity index (χ3v) is 4.65. The highest BCUT2D eigenvalue weighted by Crippen LogP contribution is 2.37. The summed E-state index contributed by atoms with van der Waals surface area (Å²) in [5.74, 6) is 0.0948. The number of nitriles is 1. The van der Waals surface area contributed by atoms with Crippen LogP contribution in [0.1, 0.15) is 43.2 Å². The number of amides is 1. The van der Waals surface area contributed by atoms with E-state index in [2.05, 4.69) is 10.6 Å². The standard InChI is InChI=1S/C20H22F6N4O/c21-19(22,23)14-9-15(20(24,25)26)11-16(10-14)29-17(12-27)13-28-6-4-8-30-7-3-1-2-5-18(30)31/h9-11,13,28-29H,1-8H2. The Morgan fingerprint density at radius 2 is 1.71 bits per heavy atom. The van der Waals surface area contributed by atoms with Gasteiger partial charge in [0.15, 0.2) is 0 Å². The van der Waals surface area contributed by atoms with Gasteiger partial charge in [0.05, 0.1) is 11.1 Å². The summed E-state index contributed by atoms with van der Waals surface area (Å²) >= 11 is 0. The van der Waals surface area contributed by atoms with Crippen LogP contribution in [0.2, 0.25) is 0 Å². The monoisotopic (exact) mass is 448 g/mol. The van der Waals surface area contributed by atoms with Crippen molar-refractivity contribution in [1.29, 1.82) is 5.26 Å². The normalized spacial score (nSPS) is 16.0. The van der Waals surface area contributed by atoms with Crippen molar-refractivity contribution in [3.8, 4) is 6.07 Å². The topological polar surface area (TPSA) is 68.2 Å². The number of anilines is 1. The second kappa shape index (κ2) is 10.4. The zero-order valence-electron chi connectivity index (χ0n) is 16.5. The Morgan fingerprint density at radius 1 is 1.06 bits per heavy atom. The average Bonchev–Trinajstić information content (AvgIpc) is 2.89. The van der Waals surface area contributed by atoms with Crippen LogP contribution < -0.4 is 10.6 Å². The lowest BCUT2D eigenvalue weighted by Gasteiger charge is -2.20. The highest BCUT2D eigenvalue weighted by Gasteiger charge is 2.37. The molecule has 1 amide bonds. The van der Waals surface area contributed by atoms with Crippen LogP contribution >= 0.6 is 0 Å². The number of alkyl halides is 6. The Labute approximate surface area is 175 Å². The van der Waals surface area contributed by atoms with Crippen molar-refractivity contribution in [3.05, 3.63) is 41.2 Å². The van der Waals surface area contributed by atoms with Crippen molar-refractivity contribution in [2.75, 3.05) is 25.0 Å². The molecule has 1 heterocycles. The minimum Gasteiger partial charge on any atom is -0.389 e. The molecule has 0 bridgehead atoms. The van der Waals surface area contributed by atoms with E-state index in [1.165, 1.54) is 6.20 Å². The Hall–Kier alpha value is -2.90. The Balaban J connectivity index is 1.99. The summed E-state index contributed by atoms with van der Waals surface area (Å²) in [6.45, 7) is 1.58. The summed E-state index contributed by atoms with van der Waals surface area (Å²) in [5.41, 5.74) is -3.71. The van der Waals surface area contributed by atoms with Crippen LogP contribution in [-0.4, -0.2) is 30.4 Å². The molecule has 1 aliphatic rings. The Bertz CT molecular complexity index is 809. The maximum atomic E-state index is 12.9. The molecular formula is C20H22F6N4O. The van der Waals surface area contributed by atoms with Gasteiger partial charge in [0.25, 0.3) is 0 Å². The van der Waals surface area contributed by atoms with E-state index in [-0.39, 0.29) is 17.7 Å². The fourth-order valence-corrected chi connectivity index (χ4v) is 3.10. The summed E-state index contributed by atoms with van der Waals surface area (Å²) in [6, 6.07) is 2.71. The zero-order valence-corrected chi connectivity index (χ0v) is 16.5. The average molecular weight is 448 g/mol. The van der Waals surface area contributed by atoms with E-state index < -0.39 is 29.2 Å². The first kappa shape index (κ1) is 24.4. The lowest BCUT2D eigenvalue weighted by Crippen LogP contribution is -2.32. The predicted octanol–water partition coefficient (Wildman–Crippen LogP) is 4.88. The molecule has 0 aromatic heterocycles. The number of likely N-dealkylation sites (tertiary alicyclic amines) is 1. The summed E-state index contributed by atoms with van der Waals surface area (Å²) in [4.78, 5) is 13.7. The van der Waals surface area contributed by atoms with Crippen LogP contribution in [0.5, 0.6) is 0 Å². The molecule has 0 atom stereocenters. The Morgan fingerprint density at radius 3 is 2.29 bits per heavy atom.